The second kappa shape index (κ2) is 6.33. The van der Waals surface area contributed by atoms with Crippen molar-refractivity contribution in [2.45, 2.75) is 26.4 Å². The molecule has 0 aliphatic heterocycles. The highest BCUT2D eigenvalue weighted by Gasteiger charge is 2.14. The van der Waals surface area contributed by atoms with Crippen molar-refractivity contribution < 1.29 is 9.53 Å². The smallest absolute Gasteiger partial charge is 0.408 e. The van der Waals surface area contributed by atoms with Crippen LogP contribution in [0.3, 0.4) is 0 Å². The van der Waals surface area contributed by atoms with Gasteiger partial charge in [0.1, 0.15) is 5.60 Å². The first-order valence-electron chi connectivity index (χ1n) is 4.16. The quantitative estimate of drug-likeness (QED) is 0.682. The molecule has 1 N–H and O–H groups in total. The number of amides is 1. The Labute approximate surface area is 89.5 Å². The third kappa shape index (κ3) is 8.95. The summed E-state index contributed by atoms with van der Waals surface area (Å²) in [5, 5.41) is 2.49. The normalized spacial score (nSPS) is 10.6. The third-order valence-corrected chi connectivity index (χ3v) is 1.09. The van der Waals surface area contributed by atoms with Gasteiger partial charge in [0.15, 0.2) is 0 Å². The molecule has 4 heteroatoms. The molecule has 0 aromatic heterocycles. The zero-order chi connectivity index (χ0) is 11.0. The van der Waals surface area contributed by atoms with E-state index in [1.807, 2.05) is 0 Å². The third-order valence-electron chi connectivity index (χ3n) is 0.968. The van der Waals surface area contributed by atoms with Gasteiger partial charge >= 0.3 is 6.09 Å². The van der Waals surface area contributed by atoms with Gasteiger partial charge in [0, 0.05) is 5.54 Å². The summed E-state index contributed by atoms with van der Waals surface area (Å²) in [4.78, 5) is 11.0. The average molecular weight is 216 g/mol. The number of nitrogens with one attached hydrogen (secondary N) is 1. The van der Waals surface area contributed by atoms with Crippen LogP contribution in [0.4, 0.5) is 4.79 Å². The highest BCUT2D eigenvalue weighted by Crippen LogP contribution is 2.05. The molecule has 0 spiro atoms. The number of rotatable bonds is 1. The molecule has 0 unspecified atom stereocenters. The number of halogens is 1. The van der Waals surface area contributed by atoms with Crippen molar-refractivity contribution in [2.75, 3.05) is 6.54 Å². The Morgan fingerprint density at radius 1 is 1.57 bits per heavy atom. The van der Waals surface area contributed by atoms with E-state index in [2.05, 4.69) is 17.2 Å². The van der Waals surface area contributed by atoms with E-state index in [4.69, 9.17) is 16.3 Å². The Balaban J connectivity index is 3.72. The molecular formula is C10H14ClNO2. The molecule has 0 bridgehead atoms. The van der Waals surface area contributed by atoms with E-state index < -0.39 is 11.7 Å². The number of carbonyl (C=O) groups excluding carboxylic acids is 1. The summed E-state index contributed by atoms with van der Waals surface area (Å²) in [6, 6.07) is 0. The first-order chi connectivity index (χ1) is 6.45. The standard InChI is InChI=1S/C10H14ClNO2/c1-10(2,3)14-9(13)12-8-6-4-5-7-11/h5,7H,8H2,1-3H3,(H,12,13)/b7-5-. The molecule has 0 rings (SSSR count). The lowest BCUT2D eigenvalue weighted by Crippen LogP contribution is -2.32. The first kappa shape index (κ1) is 12.9. The van der Waals surface area contributed by atoms with E-state index in [1.54, 1.807) is 20.8 Å². The molecule has 0 fully saturated rings. The lowest BCUT2D eigenvalue weighted by molar-refractivity contribution is 0.0535. The van der Waals surface area contributed by atoms with E-state index >= 15 is 0 Å². The van der Waals surface area contributed by atoms with Gasteiger partial charge in [-0.25, -0.2) is 4.79 Å². The van der Waals surface area contributed by atoms with Crippen LogP contribution in [0.15, 0.2) is 11.6 Å². The zero-order valence-electron chi connectivity index (χ0n) is 8.56. The summed E-state index contributed by atoms with van der Waals surface area (Å²) >= 11 is 5.24. The van der Waals surface area contributed by atoms with Crippen LogP contribution in [0.2, 0.25) is 0 Å². The van der Waals surface area contributed by atoms with Gasteiger partial charge in [-0.3, -0.25) is 0 Å². The molecular weight excluding hydrogens is 202 g/mol. The lowest BCUT2D eigenvalue weighted by atomic mass is 10.2. The predicted octanol–water partition coefficient (Wildman–Crippen LogP) is 2.27. The second-order valence-corrected chi connectivity index (χ2v) is 3.72. The first-order valence-corrected chi connectivity index (χ1v) is 4.60. The molecule has 0 aromatic rings. The second-order valence-electron chi connectivity index (χ2n) is 3.47. The maximum Gasteiger partial charge on any atom is 0.408 e. The molecule has 0 atom stereocenters. The van der Waals surface area contributed by atoms with Crippen molar-refractivity contribution in [3.8, 4) is 11.8 Å². The number of allylic oxidation sites excluding steroid dienone is 1. The van der Waals surface area contributed by atoms with Gasteiger partial charge in [0.2, 0.25) is 0 Å². The van der Waals surface area contributed by atoms with E-state index in [-0.39, 0.29) is 6.54 Å². The summed E-state index contributed by atoms with van der Waals surface area (Å²) in [6.45, 7) is 5.65. The van der Waals surface area contributed by atoms with Gasteiger partial charge in [-0.1, -0.05) is 23.4 Å². The predicted molar refractivity (Wildman–Crippen MR) is 57.0 cm³/mol. The largest absolute Gasteiger partial charge is 0.444 e. The molecule has 0 aromatic carbocycles. The van der Waals surface area contributed by atoms with Crippen LogP contribution in [0.5, 0.6) is 0 Å². The van der Waals surface area contributed by atoms with Gasteiger partial charge in [-0.05, 0) is 26.8 Å². The molecule has 0 saturated heterocycles. The number of ether oxygens (including phenoxy) is 1. The number of alkyl carbamates (subject to hydrolysis) is 1. The van der Waals surface area contributed by atoms with Crippen LogP contribution in [0, 0.1) is 11.8 Å². The summed E-state index contributed by atoms with van der Waals surface area (Å²) in [5.41, 5.74) is 0.827. The van der Waals surface area contributed by atoms with E-state index in [0.29, 0.717) is 0 Å². The van der Waals surface area contributed by atoms with Crippen LogP contribution >= 0.6 is 11.6 Å². The lowest BCUT2D eigenvalue weighted by Gasteiger charge is -2.18. The Morgan fingerprint density at radius 3 is 2.71 bits per heavy atom. The molecule has 0 aliphatic rings. The fourth-order valence-electron chi connectivity index (χ4n) is 0.572. The van der Waals surface area contributed by atoms with Gasteiger partial charge < -0.3 is 10.1 Å². The minimum Gasteiger partial charge on any atom is -0.444 e. The van der Waals surface area contributed by atoms with Crippen LogP contribution in [0.25, 0.3) is 0 Å². The van der Waals surface area contributed by atoms with Gasteiger partial charge in [0.05, 0.1) is 6.54 Å². The van der Waals surface area contributed by atoms with Crippen molar-refractivity contribution in [2.24, 2.45) is 0 Å². The zero-order valence-corrected chi connectivity index (χ0v) is 9.31. The Bertz CT molecular complexity index is 268. The number of carbonyl (C=O) groups is 1. The van der Waals surface area contributed by atoms with Gasteiger partial charge in [-0.15, -0.1) is 0 Å². The molecule has 78 valence electrons. The number of hydrogen-bond donors (Lipinski definition) is 1. The molecule has 0 heterocycles. The van der Waals surface area contributed by atoms with E-state index in [9.17, 15) is 4.79 Å². The topological polar surface area (TPSA) is 38.3 Å². The maximum atomic E-state index is 11.0. The van der Waals surface area contributed by atoms with Crippen molar-refractivity contribution in [1.82, 2.24) is 5.32 Å². The number of hydrogen-bond acceptors (Lipinski definition) is 2. The van der Waals surface area contributed by atoms with Gasteiger partial charge in [-0.2, -0.15) is 0 Å². The van der Waals surface area contributed by atoms with Crippen LogP contribution < -0.4 is 5.32 Å². The fourth-order valence-corrected chi connectivity index (χ4v) is 0.635. The highest BCUT2D eigenvalue weighted by atomic mass is 35.5. The summed E-state index contributed by atoms with van der Waals surface area (Å²) in [6.07, 6.45) is 1.01. The Kier molecular flexibility index (Phi) is 5.82. The molecule has 0 aliphatic carbocycles. The van der Waals surface area contributed by atoms with Gasteiger partial charge in [0.25, 0.3) is 0 Å². The van der Waals surface area contributed by atoms with E-state index in [0.717, 1.165) is 0 Å². The SMILES string of the molecule is CC(C)(C)OC(=O)NCC#C/C=C\Cl. The van der Waals surface area contributed by atoms with E-state index in [1.165, 1.54) is 11.6 Å². The summed E-state index contributed by atoms with van der Waals surface area (Å²) < 4.78 is 4.98. The fraction of sp³-hybridized carbons (Fsp3) is 0.500. The summed E-state index contributed by atoms with van der Waals surface area (Å²) in [7, 11) is 0. The summed E-state index contributed by atoms with van der Waals surface area (Å²) in [5.74, 6) is 5.29. The van der Waals surface area contributed by atoms with Crippen molar-refractivity contribution in [1.29, 1.82) is 0 Å². The molecule has 1 amide bonds. The van der Waals surface area contributed by atoms with Crippen LogP contribution in [-0.4, -0.2) is 18.2 Å². The average Bonchev–Trinajstić information content (AvgIpc) is 2.00. The minimum atomic E-state index is -0.479. The Hall–Kier alpha value is -1.14. The molecule has 0 radical (unpaired) electrons. The van der Waals surface area contributed by atoms with Crippen LogP contribution in [0.1, 0.15) is 20.8 Å². The monoisotopic (exact) mass is 215 g/mol. The molecule has 3 nitrogen and oxygen atoms in total. The van der Waals surface area contributed by atoms with Crippen LogP contribution in [-0.2, 0) is 4.74 Å². The highest BCUT2D eigenvalue weighted by molar-refractivity contribution is 6.25. The maximum absolute atomic E-state index is 11.0. The molecule has 14 heavy (non-hydrogen) atoms. The Morgan fingerprint density at radius 2 is 2.21 bits per heavy atom. The van der Waals surface area contributed by atoms with Crippen molar-refractivity contribution in [3.63, 3.8) is 0 Å². The van der Waals surface area contributed by atoms with Crippen molar-refractivity contribution in [3.05, 3.63) is 11.6 Å². The molecule has 0 saturated carbocycles. The van der Waals surface area contributed by atoms with Crippen molar-refractivity contribution >= 4 is 17.7 Å². The minimum absolute atomic E-state index is 0.246.